The summed E-state index contributed by atoms with van der Waals surface area (Å²) in [6.07, 6.45) is 3.78. The van der Waals surface area contributed by atoms with Gasteiger partial charge in [-0.15, -0.1) is 0 Å². The predicted octanol–water partition coefficient (Wildman–Crippen LogP) is 1.24. The molecule has 0 radical (unpaired) electrons. The van der Waals surface area contributed by atoms with E-state index in [0.717, 1.165) is 32.3 Å². The van der Waals surface area contributed by atoms with Gasteiger partial charge in [0.15, 0.2) is 5.60 Å². The number of carbonyl (C=O) groups excluding carboxylic acids is 1. The third kappa shape index (κ3) is 4.16. The van der Waals surface area contributed by atoms with Crippen LogP contribution in [0.5, 0.6) is 0 Å². The Morgan fingerprint density at radius 3 is 2.68 bits per heavy atom. The maximum absolute atomic E-state index is 11.4. The number of carbonyl (C=O) groups is 1. The Morgan fingerprint density at radius 2 is 2.16 bits per heavy atom. The Balaban J connectivity index is 2.52. The molecular formula is C14H27NO4. The molecule has 5 nitrogen and oxygen atoms in total. The summed E-state index contributed by atoms with van der Waals surface area (Å²) in [6, 6.07) is 0.268. The van der Waals surface area contributed by atoms with Gasteiger partial charge in [0.05, 0.1) is 12.7 Å². The minimum Gasteiger partial charge on any atom is -0.467 e. The fraction of sp³-hybridized carbons (Fsp3) is 0.929. The third-order valence-electron chi connectivity index (χ3n) is 4.14. The van der Waals surface area contributed by atoms with Gasteiger partial charge in [-0.25, -0.2) is 4.79 Å². The zero-order chi connectivity index (χ0) is 14.5. The van der Waals surface area contributed by atoms with Crippen molar-refractivity contribution in [2.75, 3.05) is 20.3 Å². The van der Waals surface area contributed by atoms with Crippen molar-refractivity contribution in [3.8, 4) is 0 Å². The lowest BCUT2D eigenvalue weighted by atomic mass is 9.85. The van der Waals surface area contributed by atoms with Crippen LogP contribution in [0.4, 0.5) is 0 Å². The highest BCUT2D eigenvalue weighted by Gasteiger charge is 2.37. The van der Waals surface area contributed by atoms with Crippen molar-refractivity contribution >= 4 is 5.97 Å². The second-order valence-corrected chi connectivity index (χ2v) is 5.57. The second-order valence-electron chi connectivity index (χ2n) is 5.57. The number of methoxy groups -OCH3 is 1. The summed E-state index contributed by atoms with van der Waals surface area (Å²) < 4.78 is 10.5. The first-order chi connectivity index (χ1) is 8.89. The molecule has 0 amide bonds. The molecule has 0 aromatic rings. The third-order valence-corrected chi connectivity index (χ3v) is 4.14. The molecule has 2 N–H and O–H groups in total. The Kier molecular flexibility index (Phi) is 5.77. The first kappa shape index (κ1) is 16.4. The van der Waals surface area contributed by atoms with Crippen molar-refractivity contribution in [2.45, 2.75) is 63.7 Å². The van der Waals surface area contributed by atoms with E-state index in [1.54, 1.807) is 0 Å². The largest absolute Gasteiger partial charge is 0.467 e. The van der Waals surface area contributed by atoms with Crippen LogP contribution < -0.4 is 5.32 Å². The Bertz CT molecular complexity index is 300. The van der Waals surface area contributed by atoms with Gasteiger partial charge in [0.2, 0.25) is 0 Å². The summed E-state index contributed by atoms with van der Waals surface area (Å²) in [5.41, 5.74) is -1.54. The molecule has 5 heteroatoms. The molecule has 19 heavy (non-hydrogen) atoms. The lowest BCUT2D eigenvalue weighted by molar-refractivity contribution is -0.160. The van der Waals surface area contributed by atoms with Crippen molar-refractivity contribution in [3.05, 3.63) is 0 Å². The van der Waals surface area contributed by atoms with Gasteiger partial charge < -0.3 is 19.9 Å². The van der Waals surface area contributed by atoms with Gasteiger partial charge in [-0.05, 0) is 32.6 Å². The first-order valence-electron chi connectivity index (χ1n) is 7.07. The predicted molar refractivity (Wildman–Crippen MR) is 72.9 cm³/mol. The smallest absolute Gasteiger partial charge is 0.338 e. The lowest BCUT2D eigenvalue weighted by Gasteiger charge is -2.41. The van der Waals surface area contributed by atoms with Crippen LogP contribution >= 0.6 is 0 Å². The van der Waals surface area contributed by atoms with E-state index in [1.807, 2.05) is 0 Å². The molecule has 1 rings (SSSR count). The molecule has 1 aliphatic heterocycles. The molecule has 2 atom stereocenters. The van der Waals surface area contributed by atoms with Crippen molar-refractivity contribution < 1.29 is 19.4 Å². The van der Waals surface area contributed by atoms with Crippen molar-refractivity contribution in [2.24, 2.45) is 0 Å². The summed E-state index contributed by atoms with van der Waals surface area (Å²) in [5, 5.41) is 13.3. The van der Waals surface area contributed by atoms with Crippen LogP contribution in [0.2, 0.25) is 0 Å². The van der Waals surface area contributed by atoms with Gasteiger partial charge in [-0.1, -0.05) is 13.8 Å². The van der Waals surface area contributed by atoms with Gasteiger partial charge in [0.1, 0.15) is 0 Å². The number of hydrogen-bond acceptors (Lipinski definition) is 5. The van der Waals surface area contributed by atoms with Crippen molar-refractivity contribution in [3.63, 3.8) is 0 Å². The van der Waals surface area contributed by atoms with E-state index in [2.05, 4.69) is 23.9 Å². The number of esters is 1. The van der Waals surface area contributed by atoms with Crippen LogP contribution in [-0.4, -0.2) is 48.6 Å². The van der Waals surface area contributed by atoms with Gasteiger partial charge in [0.25, 0.3) is 0 Å². The fourth-order valence-electron chi connectivity index (χ4n) is 2.58. The number of hydrogen-bond donors (Lipinski definition) is 2. The first-order valence-corrected chi connectivity index (χ1v) is 7.07. The van der Waals surface area contributed by atoms with E-state index in [9.17, 15) is 9.90 Å². The quantitative estimate of drug-likeness (QED) is 0.713. The highest BCUT2D eigenvalue weighted by atomic mass is 16.5. The molecule has 0 aromatic carbocycles. The molecule has 0 bridgehead atoms. The lowest BCUT2D eigenvalue weighted by Crippen LogP contribution is -2.52. The number of ether oxygens (including phenoxy) is 2. The second kappa shape index (κ2) is 6.68. The van der Waals surface area contributed by atoms with Gasteiger partial charge >= 0.3 is 5.97 Å². The molecular weight excluding hydrogens is 246 g/mol. The number of nitrogens with one attached hydrogen (secondary N) is 1. The number of aliphatic hydroxyl groups is 1. The van der Waals surface area contributed by atoms with Crippen LogP contribution in [0.3, 0.4) is 0 Å². The van der Waals surface area contributed by atoms with E-state index in [4.69, 9.17) is 4.74 Å². The fourth-order valence-corrected chi connectivity index (χ4v) is 2.58. The van der Waals surface area contributed by atoms with Crippen LogP contribution in [0.25, 0.3) is 0 Å². The number of rotatable bonds is 6. The normalized spacial score (nSPS) is 25.6. The van der Waals surface area contributed by atoms with Gasteiger partial charge in [0, 0.05) is 19.2 Å². The molecule has 1 saturated heterocycles. The summed E-state index contributed by atoms with van der Waals surface area (Å²) in [6.45, 7) is 6.67. The highest BCUT2D eigenvalue weighted by molar-refractivity contribution is 5.78. The maximum Gasteiger partial charge on any atom is 0.338 e. The molecule has 0 aliphatic carbocycles. The van der Waals surface area contributed by atoms with Gasteiger partial charge in [-0.3, -0.25) is 0 Å². The van der Waals surface area contributed by atoms with E-state index >= 15 is 0 Å². The Hall–Kier alpha value is -0.650. The molecule has 1 aliphatic rings. The average Bonchev–Trinajstić information content (AvgIpc) is 2.44. The Labute approximate surface area is 115 Å². The van der Waals surface area contributed by atoms with E-state index in [1.165, 1.54) is 14.0 Å². The van der Waals surface area contributed by atoms with Gasteiger partial charge in [-0.2, -0.15) is 0 Å². The highest BCUT2D eigenvalue weighted by Crippen LogP contribution is 2.31. The molecule has 112 valence electrons. The van der Waals surface area contributed by atoms with Crippen LogP contribution in [0, 0.1) is 0 Å². The zero-order valence-corrected chi connectivity index (χ0v) is 12.5. The molecule has 1 fully saturated rings. The van der Waals surface area contributed by atoms with Crippen LogP contribution in [0.15, 0.2) is 0 Å². The minimum absolute atomic E-state index is 0.0625. The van der Waals surface area contributed by atoms with E-state index < -0.39 is 11.6 Å². The standard InChI is InChI=1S/C14H27NO4/c1-5-14(6-2)9-11(7-8-19-14)15-10-13(3,17)12(16)18-4/h11,15,17H,5-10H2,1-4H3. The van der Waals surface area contributed by atoms with Crippen LogP contribution in [0.1, 0.15) is 46.5 Å². The monoisotopic (exact) mass is 273 g/mol. The summed E-state index contributed by atoms with van der Waals surface area (Å²) >= 11 is 0. The van der Waals surface area contributed by atoms with Crippen molar-refractivity contribution in [1.82, 2.24) is 5.32 Å². The summed E-state index contributed by atoms with van der Waals surface area (Å²) in [7, 11) is 1.28. The van der Waals surface area contributed by atoms with Crippen LogP contribution in [-0.2, 0) is 14.3 Å². The molecule has 2 unspecified atom stereocenters. The van der Waals surface area contributed by atoms with Crippen molar-refractivity contribution in [1.29, 1.82) is 0 Å². The Morgan fingerprint density at radius 1 is 1.53 bits per heavy atom. The van der Waals surface area contributed by atoms with E-state index in [-0.39, 0.29) is 18.2 Å². The molecule has 0 spiro atoms. The molecule has 0 aromatic heterocycles. The SMILES string of the molecule is CCC1(CC)CC(NCC(C)(O)C(=O)OC)CCO1. The molecule has 0 saturated carbocycles. The summed E-state index contributed by atoms with van der Waals surface area (Å²) in [4.78, 5) is 11.4. The minimum atomic E-state index is -1.48. The topological polar surface area (TPSA) is 67.8 Å². The molecule has 1 heterocycles. The average molecular weight is 273 g/mol. The summed E-state index contributed by atoms with van der Waals surface area (Å²) in [5.74, 6) is -0.607. The van der Waals surface area contributed by atoms with E-state index in [0.29, 0.717) is 0 Å². The maximum atomic E-state index is 11.4. The zero-order valence-electron chi connectivity index (χ0n) is 12.5.